The fraction of sp³-hybridized carbons (Fsp3) is 0.316. The highest BCUT2D eigenvalue weighted by Gasteiger charge is 2.25. The van der Waals surface area contributed by atoms with Gasteiger partial charge in [0.15, 0.2) is 5.82 Å². The number of nitrogen functional groups attached to an aromatic ring is 1. The Balaban J connectivity index is 1.57. The van der Waals surface area contributed by atoms with E-state index >= 15 is 0 Å². The molecule has 4 rings (SSSR count). The Morgan fingerprint density at radius 3 is 2.71 bits per heavy atom. The van der Waals surface area contributed by atoms with Crippen LogP contribution in [0.25, 0.3) is 0 Å². The minimum atomic E-state index is -0.494. The quantitative estimate of drug-likeness (QED) is 0.596. The van der Waals surface area contributed by atoms with Gasteiger partial charge in [-0.25, -0.2) is 8.78 Å². The van der Waals surface area contributed by atoms with Crippen molar-refractivity contribution in [2.45, 2.75) is 31.7 Å². The molecule has 28 heavy (non-hydrogen) atoms. The number of aromatic amines is 1. The third kappa shape index (κ3) is 3.73. The minimum Gasteiger partial charge on any atom is -0.368 e. The van der Waals surface area contributed by atoms with Gasteiger partial charge >= 0.3 is 0 Å². The third-order valence-electron chi connectivity index (χ3n) is 4.95. The van der Waals surface area contributed by atoms with Gasteiger partial charge in [0.1, 0.15) is 23.3 Å². The number of nitrogens with two attached hydrogens (primary N) is 1. The summed E-state index contributed by atoms with van der Waals surface area (Å²) in [7, 11) is 1.74. The van der Waals surface area contributed by atoms with Gasteiger partial charge in [-0.3, -0.25) is 5.10 Å². The van der Waals surface area contributed by atoms with Gasteiger partial charge in [0, 0.05) is 36.4 Å². The Morgan fingerprint density at radius 1 is 1.18 bits per heavy atom. The van der Waals surface area contributed by atoms with Crippen LogP contribution < -0.4 is 16.0 Å². The molecule has 2 heterocycles. The summed E-state index contributed by atoms with van der Waals surface area (Å²) < 4.78 is 27.7. The van der Waals surface area contributed by atoms with Gasteiger partial charge in [-0.05, 0) is 38.0 Å². The minimum absolute atomic E-state index is 0.0664. The Kier molecular flexibility index (Phi) is 4.58. The van der Waals surface area contributed by atoms with Crippen molar-refractivity contribution in [1.82, 2.24) is 20.2 Å². The topological polar surface area (TPSA) is 95.8 Å². The molecule has 1 atom stereocenters. The Labute approximate surface area is 161 Å². The van der Waals surface area contributed by atoms with Gasteiger partial charge in [0.05, 0.1) is 6.04 Å². The lowest BCUT2D eigenvalue weighted by atomic mass is 10.1. The molecule has 1 unspecified atom stereocenters. The standard InChI is InChI=1S/C19H21F2N7/c1-10(13-7-12(20)5-6-14(13)21)28(2)18-9-16(24-19(22)25-18)23-17-8-15(26-27-17)11-3-4-11/h5-11H,3-4H2,1-2H3,(H4,22,23,24,25,26,27). The summed E-state index contributed by atoms with van der Waals surface area (Å²) in [5.41, 5.74) is 7.18. The van der Waals surface area contributed by atoms with E-state index in [4.69, 9.17) is 5.73 Å². The number of halogens is 2. The van der Waals surface area contributed by atoms with E-state index in [2.05, 4.69) is 25.5 Å². The van der Waals surface area contributed by atoms with Gasteiger partial charge in [-0.2, -0.15) is 15.1 Å². The SMILES string of the molecule is CC(c1cc(F)ccc1F)N(C)c1cc(Nc2cc(C3CC3)[nH]n2)nc(N)n1. The largest absolute Gasteiger partial charge is 0.368 e. The average molecular weight is 385 g/mol. The Bertz CT molecular complexity index is 1000. The molecule has 3 aromatic rings. The number of rotatable bonds is 6. The molecule has 0 aliphatic heterocycles. The van der Waals surface area contributed by atoms with Crippen molar-refractivity contribution < 1.29 is 8.78 Å². The predicted molar refractivity (Wildman–Crippen MR) is 103 cm³/mol. The number of nitrogens with zero attached hydrogens (tertiary/aromatic N) is 4. The fourth-order valence-corrected chi connectivity index (χ4v) is 3.07. The van der Waals surface area contributed by atoms with Crippen molar-refractivity contribution in [3.05, 3.63) is 53.2 Å². The summed E-state index contributed by atoms with van der Waals surface area (Å²) in [5.74, 6) is 1.23. The molecule has 9 heteroatoms. The van der Waals surface area contributed by atoms with Crippen molar-refractivity contribution in [3.8, 4) is 0 Å². The summed E-state index contributed by atoms with van der Waals surface area (Å²) >= 11 is 0. The summed E-state index contributed by atoms with van der Waals surface area (Å²) in [6, 6.07) is 6.56. The van der Waals surface area contributed by atoms with Crippen LogP contribution in [0.2, 0.25) is 0 Å². The molecule has 146 valence electrons. The summed E-state index contributed by atoms with van der Waals surface area (Å²) in [6.07, 6.45) is 2.34. The number of nitrogens with one attached hydrogen (secondary N) is 2. The monoisotopic (exact) mass is 385 g/mol. The van der Waals surface area contributed by atoms with E-state index in [1.165, 1.54) is 18.9 Å². The van der Waals surface area contributed by atoms with Gasteiger partial charge in [-0.15, -0.1) is 0 Å². The molecular formula is C19H21F2N7. The maximum absolute atomic E-state index is 14.1. The molecule has 0 spiro atoms. The lowest BCUT2D eigenvalue weighted by molar-refractivity contribution is 0.564. The zero-order valence-electron chi connectivity index (χ0n) is 15.6. The van der Waals surface area contributed by atoms with Crippen molar-refractivity contribution in [1.29, 1.82) is 0 Å². The van der Waals surface area contributed by atoms with E-state index in [-0.39, 0.29) is 11.5 Å². The highest BCUT2D eigenvalue weighted by molar-refractivity contribution is 5.59. The first kappa shape index (κ1) is 18.1. The molecule has 1 aliphatic rings. The number of hydrogen-bond donors (Lipinski definition) is 3. The van der Waals surface area contributed by atoms with E-state index < -0.39 is 17.7 Å². The molecule has 1 aliphatic carbocycles. The first-order chi connectivity index (χ1) is 13.4. The molecule has 0 radical (unpaired) electrons. The normalized spacial score (nSPS) is 14.7. The van der Waals surface area contributed by atoms with Gasteiger partial charge in [-0.1, -0.05) is 0 Å². The van der Waals surface area contributed by atoms with Gasteiger partial charge in [0.25, 0.3) is 0 Å². The van der Waals surface area contributed by atoms with Crippen LogP contribution in [0.15, 0.2) is 30.3 Å². The van der Waals surface area contributed by atoms with Crippen LogP contribution in [0.3, 0.4) is 0 Å². The second kappa shape index (κ2) is 7.06. The lowest BCUT2D eigenvalue weighted by Gasteiger charge is -2.27. The zero-order chi connectivity index (χ0) is 19.8. The van der Waals surface area contributed by atoms with Crippen LogP contribution >= 0.6 is 0 Å². The van der Waals surface area contributed by atoms with Crippen LogP contribution in [-0.4, -0.2) is 27.2 Å². The second-order valence-corrected chi connectivity index (χ2v) is 7.03. The number of aromatic nitrogens is 4. The van der Waals surface area contributed by atoms with E-state index in [0.717, 1.165) is 17.8 Å². The first-order valence-electron chi connectivity index (χ1n) is 9.05. The maximum Gasteiger partial charge on any atom is 0.223 e. The molecule has 1 aromatic carbocycles. The van der Waals surface area contributed by atoms with Crippen molar-refractivity contribution in [3.63, 3.8) is 0 Å². The van der Waals surface area contributed by atoms with Crippen LogP contribution in [0.4, 0.5) is 32.2 Å². The van der Waals surface area contributed by atoms with E-state index in [0.29, 0.717) is 23.4 Å². The van der Waals surface area contributed by atoms with Crippen molar-refractivity contribution >= 4 is 23.4 Å². The van der Waals surface area contributed by atoms with Gasteiger partial charge < -0.3 is 16.0 Å². The molecule has 1 fully saturated rings. The maximum atomic E-state index is 14.1. The molecule has 7 nitrogen and oxygen atoms in total. The molecule has 1 saturated carbocycles. The fourth-order valence-electron chi connectivity index (χ4n) is 3.07. The molecule has 0 bridgehead atoms. The summed E-state index contributed by atoms with van der Waals surface area (Å²) in [6.45, 7) is 1.76. The highest BCUT2D eigenvalue weighted by atomic mass is 19.1. The molecule has 0 saturated heterocycles. The first-order valence-corrected chi connectivity index (χ1v) is 9.05. The average Bonchev–Trinajstić information content (AvgIpc) is 3.41. The Morgan fingerprint density at radius 2 is 1.96 bits per heavy atom. The van der Waals surface area contributed by atoms with E-state index in [9.17, 15) is 8.78 Å². The summed E-state index contributed by atoms with van der Waals surface area (Å²) in [5, 5.41) is 10.4. The number of hydrogen-bond acceptors (Lipinski definition) is 6. The van der Waals surface area contributed by atoms with Crippen molar-refractivity contribution in [2.24, 2.45) is 0 Å². The predicted octanol–water partition coefficient (Wildman–Crippen LogP) is 3.88. The molecular weight excluding hydrogens is 364 g/mol. The molecule has 4 N–H and O–H groups in total. The second-order valence-electron chi connectivity index (χ2n) is 7.03. The summed E-state index contributed by atoms with van der Waals surface area (Å²) in [4.78, 5) is 10.1. The van der Waals surface area contributed by atoms with Crippen LogP contribution in [0, 0.1) is 11.6 Å². The Hall–Kier alpha value is -3.23. The molecule has 2 aromatic heterocycles. The smallest absolute Gasteiger partial charge is 0.223 e. The zero-order valence-corrected chi connectivity index (χ0v) is 15.6. The van der Waals surface area contributed by atoms with Crippen LogP contribution in [0.5, 0.6) is 0 Å². The third-order valence-corrected chi connectivity index (χ3v) is 4.95. The number of anilines is 4. The van der Waals surface area contributed by atoms with E-state index in [1.807, 2.05) is 6.07 Å². The molecule has 0 amide bonds. The van der Waals surface area contributed by atoms with Crippen molar-refractivity contribution in [2.75, 3.05) is 23.0 Å². The number of benzene rings is 1. The highest BCUT2D eigenvalue weighted by Crippen LogP contribution is 2.39. The van der Waals surface area contributed by atoms with E-state index in [1.54, 1.807) is 24.9 Å². The number of H-pyrrole nitrogens is 1. The van der Waals surface area contributed by atoms with Crippen LogP contribution in [0.1, 0.15) is 43.0 Å². The van der Waals surface area contributed by atoms with Crippen LogP contribution in [-0.2, 0) is 0 Å². The van der Waals surface area contributed by atoms with Gasteiger partial charge in [0.2, 0.25) is 5.95 Å². The lowest BCUT2D eigenvalue weighted by Crippen LogP contribution is -2.24.